The Balaban J connectivity index is 5.49. The Hall–Kier alpha value is -0.640. The molecule has 5 nitrogen and oxygen atoms in total. The van der Waals surface area contributed by atoms with E-state index in [4.69, 9.17) is 5.11 Å². The third-order valence-electron chi connectivity index (χ3n) is 2.80. The third kappa shape index (κ3) is 2.91. The molecular weight excluding hydrogens is 219 g/mol. The summed E-state index contributed by atoms with van der Waals surface area (Å²) in [5, 5.41) is 7.23. The lowest BCUT2D eigenvalue weighted by atomic mass is 9.93. The maximum Gasteiger partial charge on any atom is 0.335 e. The summed E-state index contributed by atoms with van der Waals surface area (Å²) in [4.78, 5) is 29.1. The van der Waals surface area contributed by atoms with Crippen molar-refractivity contribution < 1.29 is 24.3 Å². The van der Waals surface area contributed by atoms with Crippen molar-refractivity contribution in [3.05, 3.63) is 11.6 Å². The van der Waals surface area contributed by atoms with E-state index in [9.17, 15) is 19.1 Å². The van der Waals surface area contributed by atoms with E-state index in [0.717, 1.165) is 6.08 Å². The maximum absolute atomic E-state index is 11.4. The predicted molar refractivity (Wildman–Crippen MR) is 56.7 cm³/mol. The highest BCUT2D eigenvalue weighted by atomic mass is 31.2. The van der Waals surface area contributed by atoms with E-state index in [-0.39, 0.29) is 18.4 Å². The van der Waals surface area contributed by atoms with E-state index in [0.29, 0.717) is 0 Å². The Bertz CT molecular complexity index is 310. The van der Waals surface area contributed by atoms with E-state index in [2.05, 4.69) is 0 Å². The zero-order valence-corrected chi connectivity index (χ0v) is 9.99. The number of allylic oxidation sites excluding steroid dienone is 1. The summed E-state index contributed by atoms with van der Waals surface area (Å²) in [6.45, 7) is 4.73. The van der Waals surface area contributed by atoms with Crippen LogP contribution in [-0.4, -0.2) is 26.0 Å². The largest absolute Gasteiger partial charge is 0.478 e. The van der Waals surface area contributed by atoms with Crippen molar-refractivity contribution >= 4 is 13.6 Å². The van der Waals surface area contributed by atoms with Crippen LogP contribution in [0.3, 0.4) is 0 Å². The van der Waals surface area contributed by atoms with Crippen molar-refractivity contribution in [2.75, 3.05) is 0 Å². The molecule has 0 atom stereocenters. The first-order valence-electron chi connectivity index (χ1n) is 4.68. The Morgan fingerprint density at radius 2 is 1.73 bits per heavy atom. The maximum atomic E-state index is 11.4. The molecule has 0 saturated heterocycles. The summed E-state index contributed by atoms with van der Waals surface area (Å²) in [5.41, 5.74) is 0.216. The zero-order chi connectivity index (χ0) is 12.3. The molecule has 3 N–H and O–H groups in total. The quantitative estimate of drug-likeness (QED) is 0.499. The number of carbonyl (C=O) groups is 1. The Labute approximate surface area is 89.0 Å². The lowest BCUT2D eigenvalue weighted by Crippen LogP contribution is -2.29. The minimum Gasteiger partial charge on any atom is -0.478 e. The minimum absolute atomic E-state index is 0.212. The smallest absolute Gasteiger partial charge is 0.335 e. The SMILES string of the molecule is CCC(CC)(/C(C)=C/C(=O)O)P(=O)(O)O. The molecule has 0 aromatic heterocycles. The summed E-state index contributed by atoms with van der Waals surface area (Å²) in [6.07, 6.45) is 1.29. The average Bonchev–Trinajstić information content (AvgIpc) is 2.02. The summed E-state index contributed by atoms with van der Waals surface area (Å²) < 4.78 is 11.4. The van der Waals surface area contributed by atoms with E-state index in [1.54, 1.807) is 13.8 Å². The van der Waals surface area contributed by atoms with Gasteiger partial charge in [0.15, 0.2) is 0 Å². The third-order valence-corrected chi connectivity index (χ3v) is 4.90. The van der Waals surface area contributed by atoms with Gasteiger partial charge in [0.1, 0.15) is 0 Å². The van der Waals surface area contributed by atoms with Crippen LogP contribution in [0.2, 0.25) is 0 Å². The molecule has 0 spiro atoms. The molecule has 0 aliphatic carbocycles. The van der Waals surface area contributed by atoms with Crippen molar-refractivity contribution in [2.24, 2.45) is 0 Å². The zero-order valence-electron chi connectivity index (χ0n) is 9.10. The molecule has 0 bridgehead atoms. The lowest BCUT2D eigenvalue weighted by Gasteiger charge is -2.33. The van der Waals surface area contributed by atoms with Crippen LogP contribution in [0.5, 0.6) is 0 Å². The predicted octanol–water partition coefficient (Wildman–Crippen LogP) is 1.75. The molecule has 0 aromatic carbocycles. The van der Waals surface area contributed by atoms with Crippen LogP contribution >= 0.6 is 7.60 Å². The van der Waals surface area contributed by atoms with Gasteiger partial charge >= 0.3 is 13.6 Å². The topological polar surface area (TPSA) is 94.8 Å². The number of aliphatic carboxylic acids is 1. The number of rotatable bonds is 5. The molecule has 15 heavy (non-hydrogen) atoms. The Morgan fingerprint density at radius 3 is 1.93 bits per heavy atom. The summed E-state index contributed by atoms with van der Waals surface area (Å²) in [5.74, 6) is -1.19. The molecular formula is C9H17O5P. The fraction of sp³-hybridized carbons (Fsp3) is 0.667. The van der Waals surface area contributed by atoms with E-state index >= 15 is 0 Å². The van der Waals surface area contributed by atoms with Gasteiger partial charge in [0.2, 0.25) is 0 Å². The molecule has 0 aromatic rings. The fourth-order valence-electron chi connectivity index (χ4n) is 1.77. The molecule has 0 rings (SSSR count). The number of carboxylic acids is 1. The van der Waals surface area contributed by atoms with Gasteiger partial charge in [-0.3, -0.25) is 4.57 Å². The normalized spacial score (nSPS) is 14.1. The number of hydrogen-bond donors (Lipinski definition) is 3. The Kier molecular flexibility index (Phi) is 4.71. The molecule has 6 heteroatoms. The van der Waals surface area contributed by atoms with Crippen molar-refractivity contribution in [3.63, 3.8) is 0 Å². The molecule has 0 radical (unpaired) electrons. The second-order valence-corrected chi connectivity index (χ2v) is 5.39. The first-order chi connectivity index (χ1) is 6.71. The highest BCUT2D eigenvalue weighted by Crippen LogP contribution is 2.58. The van der Waals surface area contributed by atoms with Crippen LogP contribution in [0.4, 0.5) is 0 Å². The molecule has 0 aliphatic heterocycles. The van der Waals surface area contributed by atoms with Gasteiger partial charge in [0.25, 0.3) is 0 Å². The van der Waals surface area contributed by atoms with Crippen molar-refractivity contribution in [1.29, 1.82) is 0 Å². The van der Waals surface area contributed by atoms with Crippen LogP contribution in [0.25, 0.3) is 0 Å². The van der Waals surface area contributed by atoms with E-state index in [1.165, 1.54) is 6.92 Å². The molecule has 0 unspecified atom stereocenters. The minimum atomic E-state index is -4.35. The second kappa shape index (κ2) is 4.92. The average molecular weight is 236 g/mol. The van der Waals surface area contributed by atoms with Crippen molar-refractivity contribution in [1.82, 2.24) is 0 Å². The van der Waals surface area contributed by atoms with Crippen LogP contribution in [-0.2, 0) is 9.36 Å². The first-order valence-corrected chi connectivity index (χ1v) is 6.29. The Morgan fingerprint density at radius 1 is 1.33 bits per heavy atom. The molecule has 0 fully saturated rings. The van der Waals surface area contributed by atoms with Gasteiger partial charge in [0.05, 0.1) is 5.16 Å². The molecule has 0 saturated carbocycles. The lowest BCUT2D eigenvalue weighted by molar-refractivity contribution is -0.131. The van der Waals surface area contributed by atoms with E-state index in [1.807, 2.05) is 0 Å². The van der Waals surface area contributed by atoms with Gasteiger partial charge < -0.3 is 14.9 Å². The summed E-state index contributed by atoms with van der Waals surface area (Å²) in [6, 6.07) is 0. The number of carboxylic acid groups (broad SMARTS) is 1. The highest BCUT2D eigenvalue weighted by molar-refractivity contribution is 7.53. The highest BCUT2D eigenvalue weighted by Gasteiger charge is 2.45. The second-order valence-electron chi connectivity index (χ2n) is 3.45. The van der Waals surface area contributed by atoms with Crippen LogP contribution < -0.4 is 0 Å². The van der Waals surface area contributed by atoms with Crippen molar-refractivity contribution in [3.8, 4) is 0 Å². The van der Waals surface area contributed by atoms with Gasteiger partial charge in [0, 0.05) is 6.08 Å². The van der Waals surface area contributed by atoms with Gasteiger partial charge in [-0.2, -0.15) is 0 Å². The molecule has 88 valence electrons. The monoisotopic (exact) mass is 236 g/mol. The van der Waals surface area contributed by atoms with Gasteiger partial charge in [-0.1, -0.05) is 13.8 Å². The van der Waals surface area contributed by atoms with Crippen molar-refractivity contribution in [2.45, 2.75) is 38.8 Å². The van der Waals surface area contributed by atoms with Gasteiger partial charge in [-0.25, -0.2) is 4.79 Å². The summed E-state index contributed by atoms with van der Waals surface area (Å²) in [7, 11) is -4.35. The summed E-state index contributed by atoms with van der Waals surface area (Å²) >= 11 is 0. The van der Waals surface area contributed by atoms with E-state index < -0.39 is 18.7 Å². The van der Waals surface area contributed by atoms with Crippen LogP contribution in [0, 0.1) is 0 Å². The molecule has 0 heterocycles. The number of hydrogen-bond acceptors (Lipinski definition) is 2. The molecule has 0 amide bonds. The van der Waals surface area contributed by atoms with Crippen LogP contribution in [0.1, 0.15) is 33.6 Å². The standard InChI is InChI=1S/C9H17O5P/c1-4-9(5-2,15(12,13)14)7(3)6-8(10)11/h6H,4-5H2,1-3H3,(H,10,11)(H2,12,13,14)/b7-6+. The van der Waals surface area contributed by atoms with Gasteiger partial charge in [-0.05, 0) is 25.3 Å². The first kappa shape index (κ1) is 14.4. The van der Waals surface area contributed by atoms with Crippen LogP contribution in [0.15, 0.2) is 11.6 Å². The van der Waals surface area contributed by atoms with Gasteiger partial charge in [-0.15, -0.1) is 0 Å². The fourth-order valence-corrected chi connectivity index (χ4v) is 3.12. The molecule has 0 aliphatic rings.